The number of thiophene rings is 1. The van der Waals surface area contributed by atoms with Gasteiger partial charge in [0.05, 0.1) is 25.4 Å². The van der Waals surface area contributed by atoms with Gasteiger partial charge in [0.15, 0.2) is 5.96 Å². The number of anilines is 1. The van der Waals surface area contributed by atoms with Gasteiger partial charge in [0.2, 0.25) is 0 Å². The monoisotopic (exact) mass is 532 g/mol. The third-order valence-electron chi connectivity index (χ3n) is 4.82. The summed E-state index contributed by atoms with van der Waals surface area (Å²) in [5, 5.41) is 10.9. The van der Waals surface area contributed by atoms with Crippen molar-refractivity contribution in [2.75, 3.05) is 44.3 Å². The van der Waals surface area contributed by atoms with Crippen LogP contribution in [0.2, 0.25) is 0 Å². The largest absolute Gasteiger partial charge is 0.378 e. The summed E-state index contributed by atoms with van der Waals surface area (Å²) in [6.45, 7) is 8.99. The number of benzene rings is 1. The highest BCUT2D eigenvalue weighted by atomic mass is 127. The normalized spacial score (nSPS) is 15.6. The van der Waals surface area contributed by atoms with Gasteiger partial charge in [-0.05, 0) is 52.9 Å². The van der Waals surface area contributed by atoms with Gasteiger partial charge < -0.3 is 20.3 Å². The minimum Gasteiger partial charge on any atom is -0.378 e. The summed E-state index contributed by atoms with van der Waals surface area (Å²) >= 11 is 1.71. The molecule has 0 amide bonds. The lowest BCUT2D eigenvalue weighted by Gasteiger charge is -2.29. The fourth-order valence-corrected chi connectivity index (χ4v) is 3.93. The number of hydrogen-bond acceptors (Lipinski definition) is 4. The fraction of sp³-hybridized carbons (Fsp3) is 0.476. The number of ether oxygens (including phenoxy) is 1. The van der Waals surface area contributed by atoms with Crippen LogP contribution in [-0.4, -0.2) is 45.4 Å². The van der Waals surface area contributed by atoms with Gasteiger partial charge in [0.25, 0.3) is 0 Å². The minimum absolute atomic E-state index is 0. The predicted molar refractivity (Wildman–Crippen MR) is 130 cm³/mol. The van der Waals surface area contributed by atoms with Crippen LogP contribution in [0.15, 0.2) is 40.0 Å². The van der Waals surface area contributed by atoms with E-state index in [1.165, 1.54) is 5.56 Å². The average Bonchev–Trinajstić information content (AvgIpc) is 3.25. The third-order valence-corrected chi connectivity index (χ3v) is 5.52. The summed E-state index contributed by atoms with van der Waals surface area (Å²) in [5.74, 6) is 0.959. The number of nitrogens with one attached hydrogen (secondary N) is 2. The van der Waals surface area contributed by atoms with Crippen molar-refractivity contribution in [1.82, 2.24) is 10.6 Å². The number of morpholine rings is 1. The van der Waals surface area contributed by atoms with Crippen LogP contribution in [-0.2, 0) is 11.3 Å². The predicted octanol–water partition coefficient (Wildman–Crippen LogP) is 4.20. The molecule has 1 aliphatic rings. The molecule has 1 aliphatic heterocycles. The Morgan fingerprint density at radius 2 is 2.07 bits per heavy atom. The summed E-state index contributed by atoms with van der Waals surface area (Å²) in [6.07, 6.45) is 0. The molecule has 8 heteroatoms. The Labute approximate surface area is 193 Å². The molecule has 1 atom stereocenters. The van der Waals surface area contributed by atoms with Gasteiger partial charge in [0.1, 0.15) is 5.82 Å². The molecule has 1 aromatic heterocycles. The van der Waals surface area contributed by atoms with Gasteiger partial charge in [0, 0.05) is 26.2 Å². The standard InChI is InChI=1S/C21H29FN4OS.HI/c1-3-23-21(24-13-16(2)18-6-11-28-15-18)25-14-17-4-5-20(19(22)12-17)26-7-9-27-10-8-26;/h4-6,11-12,15-16H,3,7-10,13-14H2,1-2H3,(H2,23,24,25);1H. The molecule has 5 nitrogen and oxygen atoms in total. The van der Waals surface area contributed by atoms with E-state index >= 15 is 0 Å². The van der Waals surface area contributed by atoms with Gasteiger partial charge in [-0.1, -0.05) is 13.0 Å². The Hall–Kier alpha value is -1.39. The Bertz CT molecular complexity index is 766. The first-order valence-corrected chi connectivity index (χ1v) is 10.8. The molecule has 0 bridgehead atoms. The summed E-state index contributed by atoms with van der Waals surface area (Å²) in [6, 6.07) is 7.55. The van der Waals surface area contributed by atoms with Crippen molar-refractivity contribution in [3.05, 3.63) is 52.0 Å². The summed E-state index contributed by atoms with van der Waals surface area (Å²) in [4.78, 5) is 6.65. The van der Waals surface area contributed by atoms with Crippen molar-refractivity contribution in [2.45, 2.75) is 26.3 Å². The second kappa shape index (κ2) is 12.3. The van der Waals surface area contributed by atoms with Gasteiger partial charge in [-0.3, -0.25) is 0 Å². The molecule has 160 valence electrons. The lowest BCUT2D eigenvalue weighted by Crippen LogP contribution is -2.39. The Balaban J connectivity index is 0.00000300. The zero-order chi connectivity index (χ0) is 19.8. The first-order valence-electron chi connectivity index (χ1n) is 9.82. The molecule has 1 unspecified atom stereocenters. The summed E-state index contributed by atoms with van der Waals surface area (Å²) in [5.41, 5.74) is 2.83. The second-order valence-corrected chi connectivity index (χ2v) is 7.70. The molecule has 2 aromatic rings. The third kappa shape index (κ3) is 7.11. The van der Waals surface area contributed by atoms with Crippen LogP contribution in [0.4, 0.5) is 10.1 Å². The van der Waals surface area contributed by atoms with Gasteiger partial charge in [-0.15, -0.1) is 24.0 Å². The fourth-order valence-electron chi connectivity index (χ4n) is 3.14. The maximum Gasteiger partial charge on any atom is 0.191 e. The van der Waals surface area contributed by atoms with Crippen molar-refractivity contribution in [3.63, 3.8) is 0 Å². The van der Waals surface area contributed by atoms with E-state index in [0.717, 1.165) is 37.7 Å². The van der Waals surface area contributed by atoms with E-state index in [-0.39, 0.29) is 29.8 Å². The topological polar surface area (TPSA) is 48.9 Å². The smallest absolute Gasteiger partial charge is 0.191 e. The second-order valence-electron chi connectivity index (χ2n) is 6.92. The molecule has 0 spiro atoms. The van der Waals surface area contributed by atoms with Crippen LogP contribution < -0.4 is 15.5 Å². The highest BCUT2D eigenvalue weighted by Crippen LogP contribution is 2.22. The number of guanidine groups is 1. The zero-order valence-corrected chi connectivity index (χ0v) is 20.1. The minimum atomic E-state index is -0.196. The molecular formula is C21H30FIN4OS. The molecule has 29 heavy (non-hydrogen) atoms. The lowest BCUT2D eigenvalue weighted by atomic mass is 10.1. The molecule has 1 fully saturated rings. The van der Waals surface area contributed by atoms with E-state index < -0.39 is 0 Å². The van der Waals surface area contributed by atoms with Crippen LogP contribution in [0.1, 0.15) is 30.9 Å². The number of hydrogen-bond donors (Lipinski definition) is 2. The van der Waals surface area contributed by atoms with Gasteiger partial charge in [-0.2, -0.15) is 11.3 Å². The molecule has 1 saturated heterocycles. The van der Waals surface area contributed by atoms with E-state index in [0.29, 0.717) is 31.4 Å². The maximum absolute atomic E-state index is 14.6. The molecule has 0 saturated carbocycles. The van der Waals surface area contributed by atoms with E-state index in [9.17, 15) is 4.39 Å². The Morgan fingerprint density at radius 3 is 2.72 bits per heavy atom. The van der Waals surface area contributed by atoms with E-state index in [2.05, 4.69) is 39.4 Å². The van der Waals surface area contributed by atoms with E-state index in [1.54, 1.807) is 17.4 Å². The Morgan fingerprint density at radius 1 is 1.28 bits per heavy atom. The average molecular weight is 532 g/mol. The number of halogens is 2. The molecule has 2 N–H and O–H groups in total. The summed E-state index contributed by atoms with van der Waals surface area (Å²) < 4.78 is 19.9. The van der Waals surface area contributed by atoms with Gasteiger partial charge >= 0.3 is 0 Å². The molecule has 2 heterocycles. The number of nitrogens with zero attached hydrogens (tertiary/aromatic N) is 2. The van der Waals surface area contributed by atoms with E-state index in [4.69, 9.17) is 4.74 Å². The highest BCUT2D eigenvalue weighted by molar-refractivity contribution is 14.0. The molecule has 0 radical (unpaired) electrons. The highest BCUT2D eigenvalue weighted by Gasteiger charge is 2.15. The van der Waals surface area contributed by atoms with Crippen molar-refractivity contribution in [1.29, 1.82) is 0 Å². The van der Waals surface area contributed by atoms with Crippen molar-refractivity contribution in [2.24, 2.45) is 4.99 Å². The Kier molecular flexibility index (Phi) is 10.2. The van der Waals surface area contributed by atoms with Gasteiger partial charge in [-0.25, -0.2) is 9.38 Å². The first kappa shape index (κ1) is 23.9. The maximum atomic E-state index is 14.6. The van der Waals surface area contributed by atoms with Crippen LogP contribution in [0, 0.1) is 5.82 Å². The van der Waals surface area contributed by atoms with E-state index in [1.807, 2.05) is 24.0 Å². The molecule has 1 aromatic carbocycles. The van der Waals surface area contributed by atoms with Crippen LogP contribution >= 0.6 is 35.3 Å². The summed E-state index contributed by atoms with van der Waals surface area (Å²) in [7, 11) is 0. The van der Waals surface area contributed by atoms with Crippen molar-refractivity contribution < 1.29 is 9.13 Å². The van der Waals surface area contributed by atoms with Crippen LogP contribution in [0.25, 0.3) is 0 Å². The molecular weight excluding hydrogens is 502 g/mol. The molecule has 0 aliphatic carbocycles. The number of aliphatic imine (C=N–C) groups is 1. The zero-order valence-electron chi connectivity index (χ0n) is 17.0. The quantitative estimate of drug-likeness (QED) is 0.319. The number of rotatable bonds is 7. The lowest BCUT2D eigenvalue weighted by molar-refractivity contribution is 0.122. The van der Waals surface area contributed by atoms with Crippen LogP contribution in [0.5, 0.6) is 0 Å². The van der Waals surface area contributed by atoms with Crippen LogP contribution in [0.3, 0.4) is 0 Å². The molecule has 3 rings (SSSR count). The first-order chi connectivity index (χ1) is 13.7. The van der Waals surface area contributed by atoms with Crippen molar-refractivity contribution >= 4 is 47.0 Å². The van der Waals surface area contributed by atoms with Crippen molar-refractivity contribution in [3.8, 4) is 0 Å². The SMILES string of the molecule is CCNC(=NCc1ccc(N2CCOCC2)c(F)c1)NCC(C)c1ccsc1.I.